The van der Waals surface area contributed by atoms with E-state index < -0.39 is 0 Å². The number of rotatable bonds is 6. The Morgan fingerprint density at radius 2 is 2.14 bits per heavy atom. The molecule has 0 spiro atoms. The van der Waals surface area contributed by atoms with Gasteiger partial charge >= 0.3 is 0 Å². The predicted octanol–water partition coefficient (Wildman–Crippen LogP) is 5.86. The van der Waals surface area contributed by atoms with Gasteiger partial charge in [-0.2, -0.15) is 0 Å². The standard InChI is InChI=1S/C27H33ClN4O3/c1-27-13-12-20-19-9-7-18(28)14-16(19)6-8-21(20)26(27)17(15-22(27)32-34)4-3-5-24(33)29-23-10-11-25(35-2)31-30-23/h7,9-11,14,17,20-21,26,34H,3-6,8,12-13,15H2,1-2H3,(H,29,30,33)/b32-22+/t17-,20?,21?,26?,27-/m1/s1. The number of carbonyl (C=O) groups is 1. The van der Waals surface area contributed by atoms with Crippen molar-refractivity contribution in [3.05, 3.63) is 46.5 Å². The largest absolute Gasteiger partial charge is 0.480 e. The average Bonchev–Trinajstić information content (AvgIpc) is 3.15. The summed E-state index contributed by atoms with van der Waals surface area (Å²) in [6, 6.07) is 9.75. The second kappa shape index (κ2) is 9.76. The molecule has 3 aliphatic carbocycles. The third-order valence-corrected chi connectivity index (χ3v) is 9.01. The smallest absolute Gasteiger partial charge is 0.233 e. The lowest BCUT2D eigenvalue weighted by atomic mass is 9.54. The monoisotopic (exact) mass is 496 g/mol. The number of benzene rings is 1. The molecule has 186 valence electrons. The number of carbonyl (C=O) groups excluding carboxylic acids is 1. The lowest BCUT2D eigenvalue weighted by Gasteiger charge is -2.50. The van der Waals surface area contributed by atoms with E-state index in [0.29, 0.717) is 41.8 Å². The summed E-state index contributed by atoms with van der Waals surface area (Å²) in [5.41, 5.74) is 3.74. The average molecular weight is 497 g/mol. The van der Waals surface area contributed by atoms with Crippen LogP contribution in [0.15, 0.2) is 35.5 Å². The minimum atomic E-state index is -0.0640. The van der Waals surface area contributed by atoms with Crippen molar-refractivity contribution in [2.45, 2.75) is 64.2 Å². The number of nitrogens with one attached hydrogen (secondary N) is 1. The van der Waals surface area contributed by atoms with Crippen molar-refractivity contribution in [2.75, 3.05) is 12.4 Å². The molecule has 8 heteroatoms. The van der Waals surface area contributed by atoms with E-state index in [1.807, 2.05) is 6.07 Å². The Hall–Kier alpha value is -2.67. The summed E-state index contributed by atoms with van der Waals surface area (Å²) in [5.74, 6) is 2.75. The maximum absolute atomic E-state index is 12.5. The first-order valence-electron chi connectivity index (χ1n) is 12.6. The molecule has 0 bridgehead atoms. The molecule has 0 radical (unpaired) electrons. The number of nitrogens with zero attached hydrogens (tertiary/aromatic N) is 3. The number of hydrogen-bond acceptors (Lipinski definition) is 6. The summed E-state index contributed by atoms with van der Waals surface area (Å²) in [6.07, 6.45) is 7.31. The number of aromatic nitrogens is 2. The zero-order valence-corrected chi connectivity index (χ0v) is 21.1. The second-order valence-electron chi connectivity index (χ2n) is 10.5. The maximum atomic E-state index is 12.5. The number of aryl methyl sites for hydroxylation is 1. The topological polar surface area (TPSA) is 96.7 Å². The molecule has 2 saturated carbocycles. The molecule has 2 fully saturated rings. The molecule has 1 aromatic heterocycles. The van der Waals surface area contributed by atoms with E-state index in [0.717, 1.165) is 55.7 Å². The highest BCUT2D eigenvalue weighted by molar-refractivity contribution is 6.30. The van der Waals surface area contributed by atoms with Gasteiger partial charge in [-0.1, -0.05) is 29.7 Å². The number of halogens is 1. The second-order valence-corrected chi connectivity index (χ2v) is 11.0. The summed E-state index contributed by atoms with van der Waals surface area (Å²) < 4.78 is 5.01. The van der Waals surface area contributed by atoms with Crippen molar-refractivity contribution in [3.8, 4) is 5.88 Å². The molecule has 5 rings (SSSR count). The highest BCUT2D eigenvalue weighted by Crippen LogP contribution is 2.62. The van der Waals surface area contributed by atoms with Crippen molar-refractivity contribution < 1.29 is 14.7 Å². The molecule has 0 saturated heterocycles. The van der Waals surface area contributed by atoms with E-state index in [2.05, 4.69) is 39.7 Å². The fourth-order valence-electron chi connectivity index (χ4n) is 7.28. The molecule has 7 nitrogen and oxygen atoms in total. The molecule has 2 aromatic rings. The summed E-state index contributed by atoms with van der Waals surface area (Å²) in [7, 11) is 1.53. The summed E-state index contributed by atoms with van der Waals surface area (Å²) >= 11 is 6.28. The quantitative estimate of drug-likeness (QED) is 0.385. The van der Waals surface area contributed by atoms with Gasteiger partial charge in [0.25, 0.3) is 0 Å². The molecular formula is C27H33ClN4O3. The molecule has 1 heterocycles. The summed E-state index contributed by atoms with van der Waals surface area (Å²) in [6.45, 7) is 2.30. The normalized spacial score (nSPS) is 30.3. The summed E-state index contributed by atoms with van der Waals surface area (Å²) in [5, 5.41) is 25.2. The molecule has 1 amide bonds. The fourth-order valence-corrected chi connectivity index (χ4v) is 7.47. The Bertz CT molecular complexity index is 1120. The molecule has 35 heavy (non-hydrogen) atoms. The van der Waals surface area contributed by atoms with Crippen LogP contribution < -0.4 is 10.1 Å². The Balaban J connectivity index is 1.27. The van der Waals surface area contributed by atoms with Crippen molar-refractivity contribution in [1.82, 2.24) is 10.2 Å². The van der Waals surface area contributed by atoms with Crippen LogP contribution in [-0.2, 0) is 11.2 Å². The van der Waals surface area contributed by atoms with Gasteiger partial charge in [0.15, 0.2) is 5.82 Å². The van der Waals surface area contributed by atoms with E-state index in [-0.39, 0.29) is 11.3 Å². The lowest BCUT2D eigenvalue weighted by Crippen LogP contribution is -2.44. The predicted molar refractivity (Wildman–Crippen MR) is 135 cm³/mol. The Morgan fingerprint density at radius 3 is 2.89 bits per heavy atom. The Kier molecular flexibility index (Phi) is 6.71. The number of anilines is 1. The van der Waals surface area contributed by atoms with Crippen LogP contribution in [0.5, 0.6) is 5.88 Å². The molecular weight excluding hydrogens is 464 g/mol. The van der Waals surface area contributed by atoms with Crippen molar-refractivity contribution in [3.63, 3.8) is 0 Å². The zero-order valence-electron chi connectivity index (χ0n) is 20.3. The fraction of sp³-hybridized carbons (Fsp3) is 0.556. The van der Waals surface area contributed by atoms with E-state index >= 15 is 0 Å². The van der Waals surface area contributed by atoms with Crippen LogP contribution in [0.2, 0.25) is 5.02 Å². The number of amides is 1. The highest BCUT2D eigenvalue weighted by Gasteiger charge is 2.57. The number of oxime groups is 1. The van der Waals surface area contributed by atoms with E-state index in [9.17, 15) is 10.0 Å². The van der Waals surface area contributed by atoms with Gasteiger partial charge in [-0.15, -0.1) is 10.2 Å². The third-order valence-electron chi connectivity index (χ3n) is 8.78. The summed E-state index contributed by atoms with van der Waals surface area (Å²) in [4.78, 5) is 12.5. The van der Waals surface area contributed by atoms with E-state index in [1.165, 1.54) is 18.2 Å². The zero-order chi connectivity index (χ0) is 24.6. The molecule has 2 N–H and O–H groups in total. The van der Waals surface area contributed by atoms with Gasteiger partial charge in [0.2, 0.25) is 11.8 Å². The molecule has 3 unspecified atom stereocenters. The van der Waals surface area contributed by atoms with Crippen molar-refractivity contribution in [1.29, 1.82) is 0 Å². The Morgan fingerprint density at radius 1 is 1.29 bits per heavy atom. The first-order valence-corrected chi connectivity index (χ1v) is 13.0. The van der Waals surface area contributed by atoms with Crippen LogP contribution in [0.25, 0.3) is 0 Å². The highest BCUT2D eigenvalue weighted by atomic mass is 35.5. The van der Waals surface area contributed by atoms with Crippen LogP contribution in [0.1, 0.15) is 68.9 Å². The van der Waals surface area contributed by atoms with Crippen LogP contribution in [0.4, 0.5) is 5.82 Å². The minimum Gasteiger partial charge on any atom is -0.480 e. The number of ether oxygens (including phenoxy) is 1. The molecule has 5 atom stereocenters. The van der Waals surface area contributed by atoms with E-state index in [4.69, 9.17) is 16.3 Å². The van der Waals surface area contributed by atoms with Crippen molar-refractivity contribution in [2.24, 2.45) is 28.3 Å². The van der Waals surface area contributed by atoms with Crippen LogP contribution in [0.3, 0.4) is 0 Å². The van der Waals surface area contributed by atoms with Gasteiger partial charge in [0, 0.05) is 22.9 Å². The van der Waals surface area contributed by atoms with Gasteiger partial charge in [-0.3, -0.25) is 4.79 Å². The third kappa shape index (κ3) is 4.51. The number of fused-ring (bicyclic) bond motifs is 5. The first kappa shape index (κ1) is 24.0. The van der Waals surface area contributed by atoms with Gasteiger partial charge in [-0.05, 0) is 97.9 Å². The van der Waals surface area contributed by atoms with Crippen LogP contribution >= 0.6 is 11.6 Å². The molecule has 3 aliphatic rings. The SMILES string of the molecule is COc1ccc(NC(=O)CCC[C@@H]2C/C(=N\O)[C@@]3(C)CCC4c5ccc(Cl)cc5CCC4C23)nn1. The van der Waals surface area contributed by atoms with Crippen molar-refractivity contribution >= 4 is 29.0 Å². The van der Waals surface area contributed by atoms with Gasteiger partial charge < -0.3 is 15.3 Å². The van der Waals surface area contributed by atoms with Gasteiger partial charge in [0.05, 0.1) is 12.8 Å². The number of hydrogen-bond donors (Lipinski definition) is 2. The Labute approximate surface area is 211 Å². The van der Waals surface area contributed by atoms with Gasteiger partial charge in [0.1, 0.15) is 0 Å². The minimum absolute atomic E-state index is 0.0636. The number of methoxy groups -OCH3 is 1. The molecule has 1 aromatic carbocycles. The maximum Gasteiger partial charge on any atom is 0.233 e. The first-order chi connectivity index (χ1) is 16.9. The van der Waals surface area contributed by atoms with Crippen LogP contribution in [0, 0.1) is 23.2 Å². The lowest BCUT2D eigenvalue weighted by molar-refractivity contribution is -0.116. The molecule has 0 aliphatic heterocycles. The van der Waals surface area contributed by atoms with Gasteiger partial charge in [-0.25, -0.2) is 0 Å². The van der Waals surface area contributed by atoms with Crippen LogP contribution in [-0.4, -0.2) is 34.1 Å². The van der Waals surface area contributed by atoms with E-state index in [1.54, 1.807) is 12.1 Å².